The largest absolute Gasteiger partial charge is 0.487 e. The summed E-state index contributed by atoms with van der Waals surface area (Å²) in [6.07, 6.45) is 3.41. The van der Waals surface area contributed by atoms with Crippen LogP contribution in [0.1, 0.15) is 15.9 Å². The van der Waals surface area contributed by atoms with Crippen molar-refractivity contribution in [1.82, 2.24) is 5.43 Å². The molecule has 23 heavy (non-hydrogen) atoms. The molecule has 116 valence electrons. The zero-order chi connectivity index (χ0) is 16.2. The van der Waals surface area contributed by atoms with E-state index in [0.717, 1.165) is 11.1 Å². The van der Waals surface area contributed by atoms with E-state index < -0.39 is 0 Å². The third kappa shape index (κ3) is 3.73. The number of nitrogens with zero attached hydrogens (tertiary/aromatic N) is 1. The second kappa shape index (κ2) is 6.86. The first-order chi connectivity index (χ1) is 11.1. The summed E-state index contributed by atoms with van der Waals surface area (Å²) in [7, 11) is 0. The Balaban J connectivity index is 1.71. The van der Waals surface area contributed by atoms with Crippen LogP contribution in [0.5, 0.6) is 5.75 Å². The first kappa shape index (κ1) is 15.6. The number of fused-ring (bicyclic) bond motifs is 1. The minimum atomic E-state index is -0.273. The van der Waals surface area contributed by atoms with Gasteiger partial charge in [0.25, 0.3) is 5.91 Å². The smallest absolute Gasteiger partial charge is 0.271 e. The fraction of sp³-hybridized carbons (Fsp3) is 0.0588. The summed E-state index contributed by atoms with van der Waals surface area (Å²) in [6, 6.07) is 12.3. The molecule has 2 aromatic carbocycles. The van der Waals surface area contributed by atoms with Crippen molar-refractivity contribution in [2.75, 3.05) is 6.61 Å². The van der Waals surface area contributed by atoms with Crippen LogP contribution >= 0.6 is 23.2 Å². The molecule has 0 fully saturated rings. The summed E-state index contributed by atoms with van der Waals surface area (Å²) in [5.74, 6) is 0.326. The first-order valence-electron chi connectivity index (χ1n) is 6.84. The third-order valence-electron chi connectivity index (χ3n) is 3.19. The lowest BCUT2D eigenvalue weighted by Gasteiger charge is -2.17. The molecule has 0 bridgehead atoms. The Morgan fingerprint density at radius 2 is 2.00 bits per heavy atom. The van der Waals surface area contributed by atoms with Crippen LogP contribution in [0.25, 0.3) is 6.08 Å². The molecule has 1 N–H and O–H groups in total. The molecule has 1 amide bonds. The lowest BCUT2D eigenvalue weighted by molar-refractivity contribution is 0.0955. The van der Waals surface area contributed by atoms with Crippen LogP contribution in [-0.2, 0) is 0 Å². The van der Waals surface area contributed by atoms with Gasteiger partial charge in [-0.15, -0.1) is 0 Å². The maximum atomic E-state index is 11.9. The number of nitrogens with one attached hydrogen (secondary N) is 1. The van der Waals surface area contributed by atoms with Gasteiger partial charge in [0.15, 0.2) is 0 Å². The van der Waals surface area contributed by atoms with Crippen LogP contribution in [0.2, 0.25) is 10.0 Å². The highest BCUT2D eigenvalue weighted by Gasteiger charge is 2.15. The molecule has 0 saturated heterocycles. The molecule has 0 saturated carbocycles. The molecule has 0 radical (unpaired) electrons. The Hall–Kier alpha value is -2.30. The van der Waals surface area contributed by atoms with Crippen molar-refractivity contribution in [3.05, 3.63) is 69.2 Å². The molecule has 6 heteroatoms. The van der Waals surface area contributed by atoms with E-state index in [9.17, 15) is 4.79 Å². The van der Waals surface area contributed by atoms with Gasteiger partial charge in [-0.05, 0) is 30.3 Å². The van der Waals surface area contributed by atoms with Crippen LogP contribution in [0.15, 0.2) is 53.1 Å². The molecule has 1 heterocycles. The number of hydrazone groups is 1. The molecule has 4 nitrogen and oxygen atoms in total. The number of benzene rings is 2. The van der Waals surface area contributed by atoms with Crippen molar-refractivity contribution in [3.63, 3.8) is 0 Å². The van der Waals surface area contributed by atoms with Gasteiger partial charge >= 0.3 is 0 Å². The number of halogens is 2. The summed E-state index contributed by atoms with van der Waals surface area (Å²) in [4.78, 5) is 11.9. The quantitative estimate of drug-likeness (QED) is 0.669. The van der Waals surface area contributed by atoms with Crippen LogP contribution in [0.3, 0.4) is 0 Å². The van der Waals surface area contributed by atoms with E-state index in [0.29, 0.717) is 28.0 Å². The van der Waals surface area contributed by atoms with Crippen molar-refractivity contribution in [1.29, 1.82) is 0 Å². The van der Waals surface area contributed by atoms with E-state index in [1.165, 1.54) is 0 Å². The number of carbonyl (C=O) groups excluding carboxylic acids is 1. The van der Waals surface area contributed by atoms with Gasteiger partial charge in [0, 0.05) is 21.7 Å². The normalized spacial score (nSPS) is 13.2. The Labute approximate surface area is 143 Å². The maximum Gasteiger partial charge on any atom is 0.271 e. The Morgan fingerprint density at radius 1 is 1.22 bits per heavy atom. The van der Waals surface area contributed by atoms with Crippen molar-refractivity contribution in [2.45, 2.75) is 0 Å². The Bertz CT molecular complexity index is 802. The van der Waals surface area contributed by atoms with E-state index >= 15 is 0 Å². The van der Waals surface area contributed by atoms with Gasteiger partial charge in [0.1, 0.15) is 12.4 Å². The number of carbonyl (C=O) groups is 1. The summed E-state index contributed by atoms with van der Waals surface area (Å²) in [5, 5.41) is 4.95. The Morgan fingerprint density at radius 3 is 2.78 bits per heavy atom. The van der Waals surface area contributed by atoms with Gasteiger partial charge in [0.2, 0.25) is 0 Å². The molecule has 1 aliphatic heterocycles. The Kier molecular flexibility index (Phi) is 4.65. The summed E-state index contributed by atoms with van der Waals surface area (Å²) < 4.78 is 5.60. The molecular formula is C17H12Cl2N2O2. The van der Waals surface area contributed by atoms with E-state index in [4.69, 9.17) is 27.9 Å². The number of hydrogen-bond donors (Lipinski definition) is 1. The van der Waals surface area contributed by atoms with E-state index in [1.807, 2.05) is 12.1 Å². The van der Waals surface area contributed by atoms with E-state index in [2.05, 4.69) is 10.5 Å². The minimum Gasteiger partial charge on any atom is -0.487 e. The van der Waals surface area contributed by atoms with Gasteiger partial charge in [-0.2, -0.15) is 5.10 Å². The second-order valence-corrected chi connectivity index (χ2v) is 5.72. The average Bonchev–Trinajstić information content (AvgIpc) is 2.55. The van der Waals surface area contributed by atoms with Crippen molar-refractivity contribution < 1.29 is 9.53 Å². The van der Waals surface area contributed by atoms with Crippen molar-refractivity contribution >= 4 is 41.4 Å². The van der Waals surface area contributed by atoms with Crippen molar-refractivity contribution in [2.24, 2.45) is 5.10 Å². The van der Waals surface area contributed by atoms with E-state index in [1.54, 1.807) is 42.6 Å². The molecule has 0 aliphatic carbocycles. The molecule has 0 unspecified atom stereocenters. The van der Waals surface area contributed by atoms with Crippen LogP contribution in [-0.4, -0.2) is 18.7 Å². The third-order valence-corrected chi connectivity index (χ3v) is 3.69. The van der Waals surface area contributed by atoms with Gasteiger partial charge in [-0.3, -0.25) is 4.79 Å². The highest BCUT2D eigenvalue weighted by atomic mass is 35.5. The predicted molar refractivity (Wildman–Crippen MR) is 92.3 cm³/mol. The van der Waals surface area contributed by atoms with Gasteiger partial charge in [-0.25, -0.2) is 5.43 Å². The molecule has 0 aromatic heterocycles. The lowest BCUT2D eigenvalue weighted by Crippen LogP contribution is -2.18. The zero-order valence-corrected chi connectivity index (χ0v) is 13.4. The molecule has 0 spiro atoms. The maximum absolute atomic E-state index is 11.9. The SMILES string of the molecule is O=C(N/N=C/C1=Cc2cc(Cl)cc(Cl)c2OC1)c1ccccc1. The molecule has 3 rings (SSSR count). The lowest BCUT2D eigenvalue weighted by atomic mass is 10.1. The molecule has 0 atom stereocenters. The summed E-state index contributed by atoms with van der Waals surface area (Å²) in [5.41, 5.74) is 4.60. The summed E-state index contributed by atoms with van der Waals surface area (Å²) in [6.45, 7) is 0.319. The fourth-order valence-electron chi connectivity index (χ4n) is 2.14. The molecular weight excluding hydrogens is 335 g/mol. The van der Waals surface area contributed by atoms with Crippen LogP contribution in [0, 0.1) is 0 Å². The van der Waals surface area contributed by atoms with E-state index in [-0.39, 0.29) is 5.91 Å². The predicted octanol–water partition coefficient (Wildman–Crippen LogP) is 4.19. The number of ether oxygens (including phenoxy) is 1. The first-order valence-corrected chi connectivity index (χ1v) is 7.60. The molecule has 1 aliphatic rings. The topological polar surface area (TPSA) is 50.7 Å². The molecule has 2 aromatic rings. The number of amides is 1. The van der Waals surface area contributed by atoms with Crippen molar-refractivity contribution in [3.8, 4) is 5.75 Å². The monoisotopic (exact) mass is 346 g/mol. The minimum absolute atomic E-state index is 0.273. The standard InChI is InChI=1S/C17H12Cl2N2O2/c18-14-7-13-6-11(10-23-16(13)15(19)8-14)9-20-21-17(22)12-4-2-1-3-5-12/h1-9H,10H2,(H,21,22)/b20-9+. The summed E-state index contributed by atoms with van der Waals surface area (Å²) >= 11 is 12.1. The van der Waals surface area contributed by atoms with Crippen LogP contribution in [0.4, 0.5) is 0 Å². The average molecular weight is 347 g/mol. The van der Waals surface area contributed by atoms with Gasteiger partial charge < -0.3 is 4.74 Å². The van der Waals surface area contributed by atoms with Gasteiger partial charge in [0.05, 0.1) is 11.2 Å². The second-order valence-electron chi connectivity index (χ2n) is 4.88. The number of rotatable bonds is 3. The number of hydrogen-bond acceptors (Lipinski definition) is 3. The van der Waals surface area contributed by atoms with Gasteiger partial charge in [-0.1, -0.05) is 41.4 Å². The van der Waals surface area contributed by atoms with Crippen LogP contribution < -0.4 is 10.2 Å². The zero-order valence-electron chi connectivity index (χ0n) is 11.9. The highest BCUT2D eigenvalue weighted by Crippen LogP contribution is 2.36. The fourth-order valence-corrected chi connectivity index (χ4v) is 2.70. The highest BCUT2D eigenvalue weighted by molar-refractivity contribution is 6.36.